The van der Waals surface area contributed by atoms with Gasteiger partial charge in [0, 0.05) is 23.0 Å². The van der Waals surface area contributed by atoms with Gasteiger partial charge >= 0.3 is 0 Å². The quantitative estimate of drug-likeness (QED) is 0.781. The summed E-state index contributed by atoms with van der Waals surface area (Å²) in [5.74, 6) is 0.875. The van der Waals surface area contributed by atoms with Gasteiger partial charge in [-0.05, 0) is 24.6 Å². The summed E-state index contributed by atoms with van der Waals surface area (Å²) in [6.07, 6.45) is 4.98. The maximum absolute atomic E-state index is 11.8. The summed E-state index contributed by atoms with van der Waals surface area (Å²) in [5, 5.41) is 11.9. The molecule has 20 heavy (non-hydrogen) atoms. The fourth-order valence-corrected chi connectivity index (χ4v) is 2.49. The molecule has 0 aliphatic heterocycles. The van der Waals surface area contributed by atoms with Gasteiger partial charge in [0.15, 0.2) is 0 Å². The number of aliphatic hydroxyl groups is 1. The van der Waals surface area contributed by atoms with Crippen molar-refractivity contribution in [3.8, 4) is 5.75 Å². The third-order valence-electron chi connectivity index (χ3n) is 3.15. The van der Waals surface area contributed by atoms with Crippen LogP contribution < -0.4 is 10.1 Å². The standard InChI is InChI=1S/C15H18BrNO3/c16-12-2-1-3-14(9-12)20-7-6-15(19)17-13-5-4-11(8-13)10-18/h1-5,9,11,13,18H,6-8,10H2,(H,17,19)/t11-,13+/m0/s1. The molecule has 0 bridgehead atoms. The number of hydrogen-bond donors (Lipinski definition) is 2. The highest BCUT2D eigenvalue weighted by molar-refractivity contribution is 9.10. The van der Waals surface area contributed by atoms with Gasteiger partial charge in [0.25, 0.3) is 0 Å². The summed E-state index contributed by atoms with van der Waals surface area (Å²) < 4.78 is 6.47. The molecule has 1 aromatic rings. The first kappa shape index (κ1) is 15.1. The lowest BCUT2D eigenvalue weighted by Gasteiger charge is -2.13. The highest BCUT2D eigenvalue weighted by Gasteiger charge is 2.19. The van der Waals surface area contributed by atoms with Crippen molar-refractivity contribution in [1.29, 1.82) is 0 Å². The Hall–Kier alpha value is -1.33. The maximum atomic E-state index is 11.8. The molecule has 2 rings (SSSR count). The van der Waals surface area contributed by atoms with E-state index in [2.05, 4.69) is 21.2 Å². The Labute approximate surface area is 127 Å². The molecule has 0 radical (unpaired) electrons. The largest absolute Gasteiger partial charge is 0.493 e. The fourth-order valence-electron chi connectivity index (χ4n) is 2.11. The van der Waals surface area contributed by atoms with Gasteiger partial charge in [-0.3, -0.25) is 4.79 Å². The van der Waals surface area contributed by atoms with E-state index < -0.39 is 0 Å². The first-order chi connectivity index (χ1) is 9.67. The Kier molecular flexibility index (Phi) is 5.61. The van der Waals surface area contributed by atoms with E-state index in [1.807, 2.05) is 36.4 Å². The van der Waals surface area contributed by atoms with Crippen molar-refractivity contribution in [1.82, 2.24) is 5.32 Å². The molecule has 108 valence electrons. The summed E-state index contributed by atoms with van der Waals surface area (Å²) in [6, 6.07) is 7.56. The average molecular weight is 340 g/mol. The summed E-state index contributed by atoms with van der Waals surface area (Å²) in [7, 11) is 0. The second-order valence-electron chi connectivity index (χ2n) is 4.79. The fraction of sp³-hybridized carbons (Fsp3) is 0.400. The van der Waals surface area contributed by atoms with Gasteiger partial charge in [-0.15, -0.1) is 0 Å². The lowest BCUT2D eigenvalue weighted by atomic mass is 10.1. The molecule has 1 aliphatic rings. The summed E-state index contributed by atoms with van der Waals surface area (Å²) in [5.41, 5.74) is 0. The van der Waals surface area contributed by atoms with Crippen LogP contribution in [0.25, 0.3) is 0 Å². The summed E-state index contributed by atoms with van der Waals surface area (Å²) in [4.78, 5) is 11.8. The van der Waals surface area contributed by atoms with E-state index in [-0.39, 0.29) is 24.5 Å². The highest BCUT2D eigenvalue weighted by Crippen LogP contribution is 2.18. The first-order valence-corrected chi connectivity index (χ1v) is 7.43. The number of hydrogen-bond acceptors (Lipinski definition) is 3. The SMILES string of the molecule is O=C(CCOc1cccc(Br)c1)N[C@@H]1C=C[C@H](CO)C1. The topological polar surface area (TPSA) is 58.6 Å². The lowest BCUT2D eigenvalue weighted by molar-refractivity contribution is -0.122. The Bertz CT molecular complexity index is 490. The van der Waals surface area contributed by atoms with Crippen molar-refractivity contribution in [2.45, 2.75) is 18.9 Å². The van der Waals surface area contributed by atoms with Crippen molar-refractivity contribution >= 4 is 21.8 Å². The van der Waals surface area contributed by atoms with Gasteiger partial charge in [-0.2, -0.15) is 0 Å². The lowest BCUT2D eigenvalue weighted by Crippen LogP contribution is -2.33. The highest BCUT2D eigenvalue weighted by atomic mass is 79.9. The van der Waals surface area contributed by atoms with Crippen molar-refractivity contribution in [3.63, 3.8) is 0 Å². The zero-order valence-corrected chi connectivity index (χ0v) is 12.7. The molecular weight excluding hydrogens is 322 g/mol. The number of rotatable bonds is 6. The van der Waals surface area contributed by atoms with Crippen LogP contribution in [0.3, 0.4) is 0 Å². The van der Waals surface area contributed by atoms with Gasteiger partial charge in [-0.1, -0.05) is 34.1 Å². The Morgan fingerprint density at radius 2 is 2.30 bits per heavy atom. The van der Waals surface area contributed by atoms with Crippen molar-refractivity contribution < 1.29 is 14.6 Å². The molecule has 2 N–H and O–H groups in total. The van der Waals surface area contributed by atoms with Crippen LogP contribution in [0.2, 0.25) is 0 Å². The molecule has 1 aromatic carbocycles. The van der Waals surface area contributed by atoms with E-state index in [0.717, 1.165) is 16.6 Å². The van der Waals surface area contributed by atoms with Crippen molar-refractivity contribution in [2.24, 2.45) is 5.92 Å². The number of carbonyl (C=O) groups is 1. The van der Waals surface area contributed by atoms with E-state index in [1.165, 1.54) is 0 Å². The number of aliphatic hydroxyl groups excluding tert-OH is 1. The normalized spacial score (nSPS) is 20.9. The van der Waals surface area contributed by atoms with Gasteiger partial charge < -0.3 is 15.2 Å². The minimum Gasteiger partial charge on any atom is -0.493 e. The Morgan fingerprint density at radius 1 is 1.45 bits per heavy atom. The zero-order valence-electron chi connectivity index (χ0n) is 11.1. The first-order valence-electron chi connectivity index (χ1n) is 6.64. The minimum absolute atomic E-state index is 0.0329. The molecule has 0 unspecified atom stereocenters. The number of carbonyl (C=O) groups excluding carboxylic acids is 1. The second-order valence-corrected chi connectivity index (χ2v) is 5.71. The summed E-state index contributed by atoms with van der Waals surface area (Å²) in [6.45, 7) is 0.483. The van der Waals surface area contributed by atoms with E-state index in [4.69, 9.17) is 9.84 Å². The van der Waals surface area contributed by atoms with Gasteiger partial charge in [0.1, 0.15) is 5.75 Å². The van der Waals surface area contributed by atoms with Crippen LogP contribution in [0.1, 0.15) is 12.8 Å². The number of halogens is 1. The number of nitrogens with one attached hydrogen (secondary N) is 1. The van der Waals surface area contributed by atoms with Crippen molar-refractivity contribution in [2.75, 3.05) is 13.2 Å². The molecule has 5 heteroatoms. The molecule has 0 saturated heterocycles. The third-order valence-corrected chi connectivity index (χ3v) is 3.64. The molecule has 1 amide bonds. The maximum Gasteiger partial charge on any atom is 0.223 e. The van der Waals surface area contributed by atoms with Crippen LogP contribution in [0.5, 0.6) is 5.75 Å². The van der Waals surface area contributed by atoms with Gasteiger partial charge in [0.05, 0.1) is 13.0 Å². The van der Waals surface area contributed by atoms with Gasteiger partial charge in [0.2, 0.25) is 5.91 Å². The predicted octanol–water partition coefficient (Wildman–Crippen LogP) is 2.27. The third kappa shape index (κ3) is 4.65. The number of benzene rings is 1. The van der Waals surface area contributed by atoms with Crippen LogP contribution in [0.4, 0.5) is 0 Å². The smallest absolute Gasteiger partial charge is 0.223 e. The van der Waals surface area contributed by atoms with E-state index in [1.54, 1.807) is 0 Å². The van der Waals surface area contributed by atoms with Crippen LogP contribution in [-0.4, -0.2) is 30.3 Å². The van der Waals surface area contributed by atoms with Crippen LogP contribution >= 0.6 is 15.9 Å². The predicted molar refractivity (Wildman–Crippen MR) is 80.5 cm³/mol. The van der Waals surface area contributed by atoms with E-state index in [0.29, 0.717) is 13.0 Å². The molecule has 0 spiro atoms. The second kappa shape index (κ2) is 7.45. The van der Waals surface area contributed by atoms with Gasteiger partial charge in [-0.25, -0.2) is 0 Å². The molecule has 0 fully saturated rings. The molecule has 4 nitrogen and oxygen atoms in total. The molecule has 0 aromatic heterocycles. The average Bonchev–Trinajstić information content (AvgIpc) is 2.86. The van der Waals surface area contributed by atoms with E-state index >= 15 is 0 Å². The number of ether oxygens (including phenoxy) is 1. The molecule has 2 atom stereocenters. The molecule has 1 aliphatic carbocycles. The number of amides is 1. The van der Waals surface area contributed by atoms with E-state index in [9.17, 15) is 4.79 Å². The Balaban J connectivity index is 1.67. The molecule has 0 heterocycles. The van der Waals surface area contributed by atoms with Crippen LogP contribution in [0, 0.1) is 5.92 Å². The molecule has 0 saturated carbocycles. The van der Waals surface area contributed by atoms with Crippen LogP contribution in [-0.2, 0) is 4.79 Å². The Morgan fingerprint density at radius 3 is 3.00 bits per heavy atom. The minimum atomic E-state index is -0.0340. The van der Waals surface area contributed by atoms with Crippen LogP contribution in [0.15, 0.2) is 40.9 Å². The molecular formula is C15H18BrNO3. The zero-order chi connectivity index (χ0) is 14.4. The summed E-state index contributed by atoms with van der Waals surface area (Å²) >= 11 is 3.37. The van der Waals surface area contributed by atoms with Crippen molar-refractivity contribution in [3.05, 3.63) is 40.9 Å². The monoisotopic (exact) mass is 339 g/mol.